The van der Waals surface area contributed by atoms with Crippen LogP contribution in [-0.2, 0) is 9.53 Å². The Kier molecular flexibility index (Phi) is 5.94. The van der Waals surface area contributed by atoms with E-state index in [1.54, 1.807) is 0 Å². The first kappa shape index (κ1) is 13.8. The Bertz CT molecular complexity index is 246. The molecule has 1 saturated heterocycles. The highest BCUT2D eigenvalue weighted by atomic mass is 16.5. The van der Waals surface area contributed by atoms with Crippen molar-refractivity contribution in [1.29, 1.82) is 0 Å². The van der Waals surface area contributed by atoms with Gasteiger partial charge in [0, 0.05) is 26.1 Å². The van der Waals surface area contributed by atoms with E-state index in [0.717, 1.165) is 32.1 Å². The van der Waals surface area contributed by atoms with Crippen molar-refractivity contribution in [2.45, 2.75) is 38.5 Å². The minimum absolute atomic E-state index is 0.273. The maximum Gasteiger partial charge on any atom is 0.224 e. The van der Waals surface area contributed by atoms with Crippen LogP contribution < -0.4 is 5.32 Å². The molecule has 1 aliphatic carbocycles. The van der Waals surface area contributed by atoms with Crippen LogP contribution in [0, 0.1) is 5.92 Å². The average Bonchev–Trinajstić information content (AvgIpc) is 2.45. The standard InChI is InChI=1S/C14H26N2O2/c17-14(16-8-10-18-11-9-16)6-7-15-12-13-4-2-1-3-5-13/h13,15H,1-12H2. The van der Waals surface area contributed by atoms with Crippen LogP contribution in [0.5, 0.6) is 0 Å². The van der Waals surface area contributed by atoms with Crippen LogP contribution in [0.4, 0.5) is 0 Å². The third kappa shape index (κ3) is 4.58. The molecule has 0 bridgehead atoms. The summed E-state index contributed by atoms with van der Waals surface area (Å²) in [5, 5.41) is 3.45. The zero-order valence-electron chi connectivity index (χ0n) is 11.3. The Labute approximate surface area is 110 Å². The molecule has 0 aromatic carbocycles. The van der Waals surface area contributed by atoms with Crippen LogP contribution in [0.15, 0.2) is 0 Å². The Balaban J connectivity index is 1.52. The quantitative estimate of drug-likeness (QED) is 0.754. The van der Waals surface area contributed by atoms with Crippen molar-refractivity contribution in [1.82, 2.24) is 10.2 Å². The van der Waals surface area contributed by atoms with Gasteiger partial charge in [0.2, 0.25) is 5.91 Å². The fourth-order valence-electron chi connectivity index (χ4n) is 2.86. The molecular formula is C14H26N2O2. The van der Waals surface area contributed by atoms with Gasteiger partial charge in [-0.1, -0.05) is 19.3 Å². The molecule has 1 heterocycles. The first-order chi connectivity index (χ1) is 8.86. The Hall–Kier alpha value is -0.610. The largest absolute Gasteiger partial charge is 0.378 e. The summed E-state index contributed by atoms with van der Waals surface area (Å²) in [6, 6.07) is 0. The fraction of sp³-hybridized carbons (Fsp3) is 0.929. The summed E-state index contributed by atoms with van der Waals surface area (Å²) in [6.45, 7) is 4.84. The van der Waals surface area contributed by atoms with E-state index >= 15 is 0 Å². The molecular weight excluding hydrogens is 228 g/mol. The molecule has 0 spiro atoms. The van der Waals surface area contributed by atoms with Gasteiger partial charge >= 0.3 is 0 Å². The second-order valence-electron chi connectivity index (χ2n) is 5.45. The first-order valence-corrected chi connectivity index (χ1v) is 7.42. The lowest BCUT2D eigenvalue weighted by Gasteiger charge is -2.27. The lowest BCUT2D eigenvalue weighted by molar-refractivity contribution is -0.135. The summed E-state index contributed by atoms with van der Waals surface area (Å²) in [4.78, 5) is 13.8. The van der Waals surface area contributed by atoms with Gasteiger partial charge in [0.25, 0.3) is 0 Å². The number of amides is 1. The molecule has 0 aromatic heterocycles. The molecule has 0 radical (unpaired) electrons. The number of rotatable bonds is 5. The second-order valence-corrected chi connectivity index (χ2v) is 5.45. The highest BCUT2D eigenvalue weighted by Crippen LogP contribution is 2.22. The van der Waals surface area contributed by atoms with Gasteiger partial charge in [0.15, 0.2) is 0 Å². The zero-order valence-corrected chi connectivity index (χ0v) is 11.3. The highest BCUT2D eigenvalue weighted by Gasteiger charge is 2.16. The van der Waals surface area contributed by atoms with E-state index in [0.29, 0.717) is 19.6 Å². The summed E-state index contributed by atoms with van der Waals surface area (Å²) in [7, 11) is 0. The Morgan fingerprint density at radius 3 is 2.61 bits per heavy atom. The normalized spacial score (nSPS) is 22.1. The number of carbonyl (C=O) groups is 1. The third-order valence-corrected chi connectivity index (χ3v) is 4.04. The van der Waals surface area contributed by atoms with Crippen LogP contribution in [-0.4, -0.2) is 50.2 Å². The average molecular weight is 254 g/mol. The number of nitrogens with zero attached hydrogens (tertiary/aromatic N) is 1. The van der Waals surface area contributed by atoms with Crippen LogP contribution >= 0.6 is 0 Å². The van der Waals surface area contributed by atoms with Crippen molar-refractivity contribution in [3.63, 3.8) is 0 Å². The maximum atomic E-state index is 11.9. The van der Waals surface area contributed by atoms with Gasteiger partial charge in [0.1, 0.15) is 0 Å². The van der Waals surface area contributed by atoms with Gasteiger partial charge in [-0.25, -0.2) is 0 Å². The second kappa shape index (κ2) is 7.74. The third-order valence-electron chi connectivity index (χ3n) is 4.04. The van der Waals surface area contributed by atoms with Crippen molar-refractivity contribution in [2.75, 3.05) is 39.4 Å². The van der Waals surface area contributed by atoms with Crippen molar-refractivity contribution >= 4 is 5.91 Å². The highest BCUT2D eigenvalue weighted by molar-refractivity contribution is 5.76. The number of hydrogen-bond donors (Lipinski definition) is 1. The van der Waals surface area contributed by atoms with Gasteiger partial charge in [-0.3, -0.25) is 4.79 Å². The number of morpholine rings is 1. The Morgan fingerprint density at radius 2 is 1.89 bits per heavy atom. The van der Waals surface area contributed by atoms with E-state index in [1.165, 1.54) is 32.1 Å². The molecule has 4 heteroatoms. The minimum Gasteiger partial charge on any atom is -0.378 e. The van der Waals surface area contributed by atoms with E-state index < -0.39 is 0 Å². The lowest BCUT2D eigenvalue weighted by atomic mass is 9.89. The summed E-state index contributed by atoms with van der Waals surface area (Å²) in [5.41, 5.74) is 0. The van der Waals surface area contributed by atoms with Gasteiger partial charge in [-0.05, 0) is 25.3 Å². The zero-order chi connectivity index (χ0) is 12.6. The summed E-state index contributed by atoms with van der Waals surface area (Å²) < 4.78 is 5.25. The molecule has 2 rings (SSSR count). The Morgan fingerprint density at radius 1 is 1.17 bits per heavy atom. The van der Waals surface area contributed by atoms with Crippen molar-refractivity contribution in [3.8, 4) is 0 Å². The molecule has 1 amide bonds. The summed E-state index contributed by atoms with van der Waals surface area (Å²) >= 11 is 0. The van der Waals surface area contributed by atoms with Crippen LogP contribution in [0.3, 0.4) is 0 Å². The molecule has 2 aliphatic rings. The first-order valence-electron chi connectivity index (χ1n) is 7.42. The van der Waals surface area contributed by atoms with E-state index in [-0.39, 0.29) is 5.91 Å². The molecule has 0 atom stereocenters. The molecule has 4 nitrogen and oxygen atoms in total. The lowest BCUT2D eigenvalue weighted by Crippen LogP contribution is -2.41. The summed E-state index contributed by atoms with van der Waals surface area (Å²) in [6.07, 6.45) is 7.55. The van der Waals surface area contributed by atoms with Crippen LogP contribution in [0.1, 0.15) is 38.5 Å². The number of ether oxygens (including phenoxy) is 1. The van der Waals surface area contributed by atoms with E-state index in [4.69, 9.17) is 4.74 Å². The summed E-state index contributed by atoms with van der Waals surface area (Å²) in [5.74, 6) is 1.12. The predicted octanol–water partition coefficient (Wildman–Crippen LogP) is 1.41. The topological polar surface area (TPSA) is 41.6 Å². The monoisotopic (exact) mass is 254 g/mol. The molecule has 0 unspecified atom stereocenters. The molecule has 1 N–H and O–H groups in total. The number of nitrogens with one attached hydrogen (secondary N) is 1. The van der Waals surface area contributed by atoms with Gasteiger partial charge in [-0.2, -0.15) is 0 Å². The van der Waals surface area contributed by atoms with Crippen LogP contribution in [0.2, 0.25) is 0 Å². The SMILES string of the molecule is O=C(CCNCC1CCCCC1)N1CCOCC1. The van der Waals surface area contributed by atoms with Crippen molar-refractivity contribution < 1.29 is 9.53 Å². The maximum absolute atomic E-state index is 11.9. The predicted molar refractivity (Wildman–Crippen MR) is 71.5 cm³/mol. The van der Waals surface area contributed by atoms with E-state index in [2.05, 4.69) is 5.32 Å². The molecule has 18 heavy (non-hydrogen) atoms. The van der Waals surface area contributed by atoms with Crippen molar-refractivity contribution in [3.05, 3.63) is 0 Å². The van der Waals surface area contributed by atoms with Gasteiger partial charge in [-0.15, -0.1) is 0 Å². The molecule has 2 fully saturated rings. The molecule has 1 saturated carbocycles. The van der Waals surface area contributed by atoms with Crippen molar-refractivity contribution in [2.24, 2.45) is 5.92 Å². The molecule has 0 aromatic rings. The van der Waals surface area contributed by atoms with Gasteiger partial charge in [0.05, 0.1) is 13.2 Å². The van der Waals surface area contributed by atoms with Crippen LogP contribution in [0.25, 0.3) is 0 Å². The number of carbonyl (C=O) groups excluding carboxylic acids is 1. The number of hydrogen-bond acceptors (Lipinski definition) is 3. The molecule has 104 valence electrons. The molecule has 1 aliphatic heterocycles. The van der Waals surface area contributed by atoms with E-state index in [9.17, 15) is 4.79 Å². The fourth-order valence-corrected chi connectivity index (χ4v) is 2.86. The van der Waals surface area contributed by atoms with Gasteiger partial charge < -0.3 is 15.0 Å². The van der Waals surface area contributed by atoms with E-state index in [1.807, 2.05) is 4.90 Å². The minimum atomic E-state index is 0.273. The smallest absolute Gasteiger partial charge is 0.224 e.